The summed E-state index contributed by atoms with van der Waals surface area (Å²) >= 11 is 4.72. The lowest BCUT2D eigenvalue weighted by atomic mass is 9.90. The molecule has 0 aliphatic heterocycles. The molecule has 2 aromatic heterocycles. The summed E-state index contributed by atoms with van der Waals surface area (Å²) in [6.07, 6.45) is -0.689. The summed E-state index contributed by atoms with van der Waals surface area (Å²) < 4.78 is 10.3. The van der Waals surface area contributed by atoms with E-state index in [1.165, 1.54) is 0 Å². The minimum absolute atomic E-state index is 0.00384. The van der Waals surface area contributed by atoms with E-state index in [1.807, 2.05) is 39.8 Å². The van der Waals surface area contributed by atoms with E-state index in [-0.39, 0.29) is 24.1 Å². The first-order chi connectivity index (χ1) is 22.3. The Morgan fingerprint density at radius 2 is 1.23 bits per heavy atom. The van der Waals surface area contributed by atoms with E-state index in [0.717, 1.165) is 16.0 Å². The number of Topliss-reactive ketones (excluding diaryl/α,β-unsaturated/α-hetero) is 4. The van der Waals surface area contributed by atoms with Gasteiger partial charge in [-0.05, 0) is 13.8 Å². The van der Waals surface area contributed by atoms with Crippen LogP contribution in [-0.4, -0.2) is 67.4 Å². The van der Waals surface area contributed by atoms with Gasteiger partial charge in [-0.3, -0.25) is 19.2 Å². The highest BCUT2D eigenvalue weighted by Crippen LogP contribution is 2.35. The van der Waals surface area contributed by atoms with Crippen LogP contribution in [0.1, 0.15) is 107 Å². The minimum atomic E-state index is -0.738. The van der Waals surface area contributed by atoms with Crippen molar-refractivity contribution in [1.29, 1.82) is 0 Å². The Labute approximate surface area is 275 Å². The quantitative estimate of drug-likeness (QED) is 0.177. The number of aromatic nitrogens is 4. The smallest absolute Gasteiger partial charge is 0.420 e. The first-order valence-electron chi connectivity index (χ1n) is 14.9. The highest BCUT2D eigenvalue weighted by atomic mass is 35.5. The van der Waals surface area contributed by atoms with Crippen LogP contribution in [0, 0.1) is 0 Å². The fourth-order valence-corrected chi connectivity index (χ4v) is 5.08. The molecular weight excluding hydrogens is 628 g/mol. The van der Waals surface area contributed by atoms with Crippen molar-refractivity contribution in [2.75, 3.05) is 13.2 Å². The summed E-state index contributed by atoms with van der Waals surface area (Å²) in [5, 5.41) is 0. The van der Waals surface area contributed by atoms with Crippen molar-refractivity contribution in [3.8, 4) is 22.5 Å². The van der Waals surface area contributed by atoms with Crippen molar-refractivity contribution in [2.24, 2.45) is 0 Å². The third kappa shape index (κ3) is 6.82. The number of fused-ring (bicyclic) bond motifs is 6. The van der Waals surface area contributed by atoms with Gasteiger partial charge in [-0.2, -0.15) is 0 Å². The SMILES string of the molecule is CC(C)c1nc2c([nH]1)C(=O)C(=O)c1ccccc1-2.CCOC(=O)Cl.CCOC(=O)n1c(C(C)C)nc2c1C(=O)C(=O)c1ccccc1-2. The van der Waals surface area contributed by atoms with Gasteiger partial charge in [0.05, 0.1) is 13.2 Å². The van der Waals surface area contributed by atoms with Crippen LogP contribution < -0.4 is 0 Å². The number of ketones is 4. The second-order valence-electron chi connectivity index (χ2n) is 10.9. The Balaban J connectivity index is 0.000000185. The molecule has 4 aromatic rings. The Morgan fingerprint density at radius 1 is 0.723 bits per heavy atom. The lowest BCUT2D eigenvalue weighted by Gasteiger charge is -2.15. The van der Waals surface area contributed by atoms with E-state index in [0.29, 0.717) is 46.2 Å². The topological polar surface area (TPSA) is 167 Å². The maximum atomic E-state index is 12.5. The number of ether oxygens (including phenoxy) is 2. The highest BCUT2D eigenvalue weighted by Gasteiger charge is 2.38. The summed E-state index contributed by atoms with van der Waals surface area (Å²) in [5.41, 5.74) is 2.60. The number of benzene rings is 2. The summed E-state index contributed by atoms with van der Waals surface area (Å²) in [4.78, 5) is 82.6. The van der Waals surface area contributed by atoms with Crippen LogP contribution in [0.5, 0.6) is 0 Å². The lowest BCUT2D eigenvalue weighted by molar-refractivity contribution is 0.0808. The van der Waals surface area contributed by atoms with Crippen LogP contribution in [0.25, 0.3) is 22.5 Å². The first kappa shape index (κ1) is 34.6. The summed E-state index contributed by atoms with van der Waals surface area (Å²) in [6, 6.07) is 13.9. The van der Waals surface area contributed by atoms with Crippen LogP contribution in [0.2, 0.25) is 0 Å². The zero-order chi connectivity index (χ0) is 34.6. The molecule has 0 radical (unpaired) electrons. The molecule has 0 saturated carbocycles. The molecule has 47 heavy (non-hydrogen) atoms. The number of hydrogen-bond donors (Lipinski definition) is 1. The van der Waals surface area contributed by atoms with Crippen LogP contribution in [0.15, 0.2) is 48.5 Å². The third-order valence-corrected chi connectivity index (χ3v) is 7.21. The largest absolute Gasteiger partial charge is 0.454 e. The number of halogens is 1. The van der Waals surface area contributed by atoms with Crippen LogP contribution >= 0.6 is 11.6 Å². The Bertz CT molecular complexity index is 1900. The van der Waals surface area contributed by atoms with Crippen LogP contribution in [-0.2, 0) is 9.47 Å². The van der Waals surface area contributed by atoms with E-state index in [1.54, 1.807) is 50.2 Å². The molecule has 0 spiro atoms. The second kappa shape index (κ2) is 14.5. The molecule has 0 saturated heterocycles. The number of aromatic amines is 1. The summed E-state index contributed by atoms with van der Waals surface area (Å²) in [6.45, 7) is 11.6. The molecule has 13 heteroatoms. The number of H-pyrrole nitrogens is 1. The molecule has 2 heterocycles. The molecule has 2 aliphatic carbocycles. The standard InChI is InChI=1S/C17H16N2O4.C14H12N2O2.C3H5ClO2/c1-4-23-17(22)19-13-12(18-16(19)9(2)3)10-7-5-6-8-11(10)14(20)15(13)21;1-7(2)14-15-10-8-5-3-4-6-9(8)12(17)13(18)11(10)16-14;1-2-6-3(4)5/h5-9H,4H2,1-3H3;3-7H,1-2H3,(H,15,16);2H2,1H3. The molecule has 2 aromatic carbocycles. The number of nitrogens with one attached hydrogen (secondary N) is 1. The van der Waals surface area contributed by atoms with Crippen molar-refractivity contribution < 1.29 is 38.2 Å². The van der Waals surface area contributed by atoms with E-state index in [9.17, 15) is 28.8 Å². The van der Waals surface area contributed by atoms with E-state index >= 15 is 0 Å². The van der Waals surface area contributed by atoms with Crippen molar-refractivity contribution in [3.63, 3.8) is 0 Å². The van der Waals surface area contributed by atoms with E-state index in [2.05, 4.69) is 19.7 Å². The van der Waals surface area contributed by atoms with Gasteiger partial charge in [-0.15, -0.1) is 0 Å². The Hall–Kier alpha value is -5.23. The van der Waals surface area contributed by atoms with Gasteiger partial charge in [0, 0.05) is 45.7 Å². The number of imidazole rings is 2. The molecule has 0 amide bonds. The van der Waals surface area contributed by atoms with E-state index < -0.39 is 34.7 Å². The van der Waals surface area contributed by atoms with Gasteiger partial charge in [0.2, 0.25) is 11.6 Å². The van der Waals surface area contributed by atoms with Gasteiger partial charge in [0.25, 0.3) is 11.6 Å². The lowest BCUT2D eigenvalue weighted by Crippen LogP contribution is -2.28. The van der Waals surface area contributed by atoms with Crippen molar-refractivity contribution in [2.45, 2.75) is 53.4 Å². The van der Waals surface area contributed by atoms with Gasteiger partial charge >= 0.3 is 11.5 Å². The minimum Gasteiger partial charge on any atom is -0.454 e. The maximum Gasteiger partial charge on any atom is 0.420 e. The number of carbonyl (C=O) groups is 6. The normalized spacial score (nSPS) is 12.6. The number of hydrogen-bond acceptors (Lipinski definition) is 10. The molecule has 0 unspecified atom stereocenters. The monoisotopic (exact) mass is 660 g/mol. The molecular formula is C34H33ClN4O8. The second-order valence-corrected chi connectivity index (χ2v) is 11.2. The number of nitrogens with zero attached hydrogens (tertiary/aromatic N) is 3. The first-order valence-corrected chi connectivity index (χ1v) is 15.3. The summed E-state index contributed by atoms with van der Waals surface area (Å²) in [5.74, 6) is -1.10. The van der Waals surface area contributed by atoms with Crippen molar-refractivity contribution in [3.05, 3.63) is 82.7 Å². The maximum absolute atomic E-state index is 12.5. The molecule has 244 valence electrons. The molecule has 2 aliphatic rings. The Kier molecular flexibility index (Phi) is 10.7. The van der Waals surface area contributed by atoms with Gasteiger partial charge < -0.3 is 14.5 Å². The fraction of sp³-hybridized carbons (Fsp3) is 0.294. The number of carbonyl (C=O) groups excluding carboxylic acids is 6. The average molecular weight is 661 g/mol. The zero-order valence-electron chi connectivity index (χ0n) is 26.7. The van der Waals surface area contributed by atoms with Crippen molar-refractivity contribution in [1.82, 2.24) is 19.5 Å². The number of rotatable bonds is 4. The Morgan fingerprint density at radius 3 is 1.70 bits per heavy atom. The predicted molar refractivity (Wildman–Crippen MR) is 172 cm³/mol. The molecule has 6 rings (SSSR count). The molecule has 1 N–H and O–H groups in total. The average Bonchev–Trinajstić information content (AvgIpc) is 3.68. The zero-order valence-corrected chi connectivity index (χ0v) is 27.4. The fourth-order valence-electron chi connectivity index (χ4n) is 4.97. The van der Waals surface area contributed by atoms with Gasteiger partial charge in [0.1, 0.15) is 34.4 Å². The highest BCUT2D eigenvalue weighted by molar-refractivity contribution is 6.61. The summed E-state index contributed by atoms with van der Waals surface area (Å²) in [7, 11) is 0. The van der Waals surface area contributed by atoms with Crippen LogP contribution in [0.3, 0.4) is 0 Å². The molecule has 12 nitrogen and oxygen atoms in total. The van der Waals surface area contributed by atoms with Gasteiger partial charge in [-0.25, -0.2) is 24.1 Å². The van der Waals surface area contributed by atoms with Crippen molar-refractivity contribution >= 4 is 46.3 Å². The third-order valence-electron chi connectivity index (χ3n) is 7.11. The van der Waals surface area contributed by atoms with Gasteiger partial charge in [0.15, 0.2) is 0 Å². The van der Waals surface area contributed by atoms with Gasteiger partial charge in [-0.1, -0.05) is 76.2 Å². The molecule has 0 atom stereocenters. The predicted octanol–water partition coefficient (Wildman–Crippen LogP) is 7.02. The van der Waals surface area contributed by atoms with E-state index in [4.69, 9.17) is 16.3 Å². The molecule has 0 fully saturated rings. The molecule has 0 bridgehead atoms. The van der Waals surface area contributed by atoms with Crippen LogP contribution in [0.4, 0.5) is 9.59 Å².